The first-order valence-corrected chi connectivity index (χ1v) is 7.82. The minimum atomic E-state index is -4.78. The van der Waals surface area contributed by atoms with Crippen molar-refractivity contribution in [3.8, 4) is 5.75 Å². The van der Waals surface area contributed by atoms with Crippen molar-refractivity contribution in [2.45, 2.75) is 39.2 Å². The highest BCUT2D eigenvalue weighted by molar-refractivity contribution is 5.83. The van der Waals surface area contributed by atoms with Gasteiger partial charge in [0.25, 0.3) is 0 Å². The highest BCUT2D eigenvalue weighted by atomic mass is 19.4. The second-order valence-corrected chi connectivity index (χ2v) is 5.84. The minimum absolute atomic E-state index is 0.0912. The van der Waals surface area contributed by atoms with Crippen LogP contribution in [0.15, 0.2) is 28.8 Å². The van der Waals surface area contributed by atoms with Crippen molar-refractivity contribution in [2.24, 2.45) is 0 Å². The maximum atomic E-state index is 12.3. The second-order valence-electron chi connectivity index (χ2n) is 5.84. The van der Waals surface area contributed by atoms with E-state index in [1.54, 1.807) is 20.8 Å². The van der Waals surface area contributed by atoms with E-state index in [1.807, 2.05) is 0 Å². The summed E-state index contributed by atoms with van der Waals surface area (Å²) in [6, 6.07) is 4.80. The molecule has 0 spiro atoms. The van der Waals surface area contributed by atoms with E-state index in [0.717, 1.165) is 12.1 Å². The maximum Gasteiger partial charge on any atom is 0.573 e. The van der Waals surface area contributed by atoms with Crippen LogP contribution in [0.5, 0.6) is 5.75 Å². The molecule has 1 aromatic heterocycles. The Labute approximate surface area is 147 Å². The van der Waals surface area contributed by atoms with Crippen molar-refractivity contribution in [2.75, 3.05) is 6.54 Å². The van der Waals surface area contributed by atoms with Crippen LogP contribution < -0.4 is 10.1 Å². The van der Waals surface area contributed by atoms with Crippen molar-refractivity contribution < 1.29 is 32.3 Å². The first-order chi connectivity index (χ1) is 12.1. The lowest BCUT2D eigenvalue weighted by Gasteiger charge is -2.16. The van der Waals surface area contributed by atoms with Gasteiger partial charge in [-0.15, -0.1) is 13.2 Å². The molecular formula is C17H19F3N2O4. The van der Waals surface area contributed by atoms with Crippen LogP contribution in [0, 0.1) is 13.8 Å². The van der Waals surface area contributed by atoms with Gasteiger partial charge in [-0.1, -0.05) is 17.3 Å². The van der Waals surface area contributed by atoms with Gasteiger partial charge in [-0.25, -0.2) is 0 Å². The highest BCUT2D eigenvalue weighted by Gasteiger charge is 2.31. The van der Waals surface area contributed by atoms with E-state index < -0.39 is 18.4 Å². The summed E-state index contributed by atoms with van der Waals surface area (Å²) in [4.78, 5) is 12.3. The number of aliphatic hydroxyl groups excluding tert-OH is 1. The number of carbonyl (C=O) groups excluding carboxylic acids is 1. The topological polar surface area (TPSA) is 84.6 Å². The predicted molar refractivity (Wildman–Crippen MR) is 85.5 cm³/mol. The van der Waals surface area contributed by atoms with Crippen LogP contribution in [0.25, 0.3) is 0 Å². The number of nitrogens with one attached hydrogen (secondary N) is 1. The fourth-order valence-corrected chi connectivity index (χ4v) is 2.60. The van der Waals surface area contributed by atoms with Gasteiger partial charge in [0.2, 0.25) is 5.91 Å². The van der Waals surface area contributed by atoms with Gasteiger partial charge in [-0.05, 0) is 38.5 Å². The average Bonchev–Trinajstić information content (AvgIpc) is 2.89. The molecule has 9 heteroatoms. The summed E-state index contributed by atoms with van der Waals surface area (Å²) in [5.74, 6) is -0.679. The quantitative estimate of drug-likeness (QED) is 0.814. The smallest absolute Gasteiger partial charge is 0.406 e. The maximum absolute atomic E-state index is 12.3. The molecule has 1 amide bonds. The summed E-state index contributed by atoms with van der Waals surface area (Å²) < 4.78 is 45.2. The largest absolute Gasteiger partial charge is 0.573 e. The minimum Gasteiger partial charge on any atom is -0.406 e. The number of amides is 1. The lowest BCUT2D eigenvalue weighted by Crippen LogP contribution is -2.32. The predicted octanol–water partition coefficient (Wildman–Crippen LogP) is 3.14. The molecule has 2 unspecified atom stereocenters. The van der Waals surface area contributed by atoms with E-state index in [-0.39, 0.29) is 18.2 Å². The number of hydrogen-bond donors (Lipinski definition) is 2. The molecule has 0 saturated carbocycles. The number of hydrogen-bond acceptors (Lipinski definition) is 5. The Bertz CT molecular complexity index is 737. The van der Waals surface area contributed by atoms with Gasteiger partial charge in [-0.2, -0.15) is 0 Å². The first-order valence-electron chi connectivity index (χ1n) is 7.82. The Kier molecular flexibility index (Phi) is 5.91. The molecule has 0 radical (unpaired) electrons. The summed E-state index contributed by atoms with van der Waals surface area (Å²) in [5.41, 5.74) is 1.65. The van der Waals surface area contributed by atoms with Crippen LogP contribution in [0.4, 0.5) is 13.2 Å². The van der Waals surface area contributed by atoms with E-state index in [4.69, 9.17) is 4.52 Å². The van der Waals surface area contributed by atoms with Gasteiger partial charge in [-0.3, -0.25) is 4.79 Å². The van der Waals surface area contributed by atoms with E-state index >= 15 is 0 Å². The van der Waals surface area contributed by atoms with Gasteiger partial charge < -0.3 is 19.7 Å². The number of benzene rings is 1. The summed E-state index contributed by atoms with van der Waals surface area (Å²) in [6.07, 6.45) is -5.85. The highest BCUT2D eigenvalue weighted by Crippen LogP contribution is 2.25. The molecular weight excluding hydrogens is 353 g/mol. The lowest BCUT2D eigenvalue weighted by molar-refractivity contribution is -0.274. The molecule has 0 aliphatic heterocycles. The summed E-state index contributed by atoms with van der Waals surface area (Å²) in [7, 11) is 0. The third kappa shape index (κ3) is 4.98. The van der Waals surface area contributed by atoms with Crippen molar-refractivity contribution in [3.05, 3.63) is 46.8 Å². The van der Waals surface area contributed by atoms with E-state index in [2.05, 4.69) is 15.2 Å². The Balaban J connectivity index is 1.93. The van der Waals surface area contributed by atoms with E-state index in [0.29, 0.717) is 22.6 Å². The Morgan fingerprint density at radius 1 is 1.31 bits per heavy atom. The van der Waals surface area contributed by atoms with Gasteiger partial charge in [0, 0.05) is 12.1 Å². The number of aryl methyl sites for hydroxylation is 2. The van der Waals surface area contributed by atoms with E-state index in [9.17, 15) is 23.1 Å². The molecule has 0 aliphatic rings. The molecule has 2 N–H and O–H groups in total. The van der Waals surface area contributed by atoms with Crippen molar-refractivity contribution in [3.63, 3.8) is 0 Å². The Hall–Kier alpha value is -2.55. The monoisotopic (exact) mass is 372 g/mol. The number of halogens is 3. The van der Waals surface area contributed by atoms with Crippen molar-refractivity contribution in [1.29, 1.82) is 0 Å². The van der Waals surface area contributed by atoms with Gasteiger partial charge in [0.05, 0.1) is 17.7 Å². The lowest BCUT2D eigenvalue weighted by atomic mass is 9.98. The molecule has 0 aliphatic carbocycles. The van der Waals surface area contributed by atoms with Gasteiger partial charge >= 0.3 is 6.36 Å². The first kappa shape index (κ1) is 19.8. The zero-order valence-corrected chi connectivity index (χ0v) is 14.4. The summed E-state index contributed by atoms with van der Waals surface area (Å²) in [5, 5.41) is 16.5. The molecule has 26 heavy (non-hydrogen) atoms. The summed E-state index contributed by atoms with van der Waals surface area (Å²) >= 11 is 0. The molecule has 2 aromatic rings. The normalized spacial score (nSPS) is 14.0. The van der Waals surface area contributed by atoms with Crippen LogP contribution in [-0.2, 0) is 4.79 Å². The number of aromatic nitrogens is 1. The molecule has 1 aromatic carbocycles. The van der Waals surface area contributed by atoms with Crippen molar-refractivity contribution in [1.82, 2.24) is 10.5 Å². The van der Waals surface area contributed by atoms with Crippen LogP contribution in [0.1, 0.15) is 41.5 Å². The van der Waals surface area contributed by atoms with Gasteiger partial charge in [0.1, 0.15) is 11.5 Å². The molecule has 0 fully saturated rings. The van der Waals surface area contributed by atoms with Crippen LogP contribution in [0.3, 0.4) is 0 Å². The molecule has 0 bridgehead atoms. The van der Waals surface area contributed by atoms with Gasteiger partial charge in [0.15, 0.2) is 0 Å². The fraction of sp³-hybridized carbons (Fsp3) is 0.412. The molecule has 142 valence electrons. The third-order valence-electron chi connectivity index (χ3n) is 3.88. The molecule has 2 rings (SSSR count). The number of ether oxygens (including phenoxy) is 1. The number of aliphatic hydroxyl groups is 1. The molecule has 1 heterocycles. The van der Waals surface area contributed by atoms with E-state index in [1.165, 1.54) is 12.1 Å². The molecule has 6 nitrogen and oxygen atoms in total. The number of nitrogens with zero attached hydrogens (tertiary/aromatic N) is 1. The number of rotatable bonds is 6. The summed E-state index contributed by atoms with van der Waals surface area (Å²) in [6.45, 7) is 5.04. The average molecular weight is 372 g/mol. The third-order valence-corrected chi connectivity index (χ3v) is 3.88. The fourth-order valence-electron chi connectivity index (χ4n) is 2.60. The zero-order chi connectivity index (χ0) is 19.5. The van der Waals surface area contributed by atoms with Crippen LogP contribution >= 0.6 is 0 Å². The number of alkyl halides is 3. The van der Waals surface area contributed by atoms with Crippen LogP contribution in [-0.4, -0.2) is 29.1 Å². The Morgan fingerprint density at radius 2 is 1.92 bits per heavy atom. The standard InChI is InChI=1S/C17H19F3N2O4/c1-9(15-10(2)22-26-11(15)3)16(24)21-8-14(23)12-4-6-13(7-5-12)25-17(18,19)20/h4-7,9,14,23H,8H2,1-3H3,(H,21,24). The second kappa shape index (κ2) is 7.77. The van der Waals surface area contributed by atoms with Crippen molar-refractivity contribution >= 4 is 5.91 Å². The Morgan fingerprint density at radius 3 is 2.42 bits per heavy atom. The number of carbonyl (C=O) groups is 1. The zero-order valence-electron chi connectivity index (χ0n) is 14.4. The van der Waals surface area contributed by atoms with Crippen LogP contribution in [0.2, 0.25) is 0 Å². The molecule has 2 atom stereocenters. The molecule has 0 saturated heterocycles. The SMILES string of the molecule is Cc1noc(C)c1C(C)C(=O)NCC(O)c1ccc(OC(F)(F)F)cc1.